The molecule has 0 amide bonds. The molecular formula is C14H18N4. The highest BCUT2D eigenvalue weighted by Gasteiger charge is 2.23. The second-order valence-electron chi connectivity index (χ2n) is 4.86. The number of nitrogens with two attached hydrogens (primary N) is 2. The molecule has 0 aliphatic carbocycles. The molecule has 0 saturated carbocycles. The minimum atomic E-state index is 0.398. The molecule has 18 heavy (non-hydrogen) atoms. The van der Waals surface area contributed by atoms with Gasteiger partial charge in [0.25, 0.3) is 0 Å². The molecule has 2 aromatic rings. The third-order valence-corrected chi connectivity index (χ3v) is 3.64. The van der Waals surface area contributed by atoms with Crippen LogP contribution in [0.3, 0.4) is 0 Å². The molecule has 4 nitrogen and oxygen atoms in total. The molecule has 94 valence electrons. The first-order valence-corrected chi connectivity index (χ1v) is 6.40. The summed E-state index contributed by atoms with van der Waals surface area (Å²) in [5, 5.41) is 4.34. The third-order valence-electron chi connectivity index (χ3n) is 3.64. The van der Waals surface area contributed by atoms with Crippen LogP contribution in [0.15, 0.2) is 30.3 Å². The van der Waals surface area contributed by atoms with Gasteiger partial charge in [-0.1, -0.05) is 24.3 Å². The third kappa shape index (κ3) is 1.88. The van der Waals surface area contributed by atoms with Gasteiger partial charge in [-0.3, -0.25) is 4.68 Å². The maximum Gasteiger partial charge on any atom is 0.145 e. The molecule has 1 unspecified atom stereocenters. The van der Waals surface area contributed by atoms with Crippen molar-refractivity contribution in [2.24, 2.45) is 5.73 Å². The Kier molecular flexibility index (Phi) is 2.80. The zero-order valence-corrected chi connectivity index (χ0v) is 10.3. The van der Waals surface area contributed by atoms with Crippen LogP contribution in [0, 0.1) is 0 Å². The van der Waals surface area contributed by atoms with Crippen molar-refractivity contribution in [2.75, 3.05) is 5.73 Å². The first kappa shape index (κ1) is 11.3. The van der Waals surface area contributed by atoms with Crippen molar-refractivity contribution in [3.63, 3.8) is 0 Å². The van der Waals surface area contributed by atoms with E-state index in [1.54, 1.807) is 0 Å². The molecule has 1 aromatic carbocycles. The number of anilines is 1. The molecule has 0 saturated heterocycles. The second-order valence-corrected chi connectivity index (χ2v) is 4.86. The number of hydrogen-bond donors (Lipinski definition) is 2. The molecular weight excluding hydrogens is 224 g/mol. The van der Waals surface area contributed by atoms with E-state index in [9.17, 15) is 0 Å². The summed E-state index contributed by atoms with van der Waals surface area (Å²) in [4.78, 5) is 0. The van der Waals surface area contributed by atoms with Crippen molar-refractivity contribution in [2.45, 2.75) is 31.8 Å². The molecule has 0 fully saturated rings. The Morgan fingerprint density at radius 1 is 1.33 bits per heavy atom. The number of rotatable bonds is 2. The normalized spacial score (nSPS) is 18.6. The van der Waals surface area contributed by atoms with E-state index in [0.717, 1.165) is 19.4 Å². The molecule has 1 aliphatic rings. The van der Waals surface area contributed by atoms with E-state index in [4.69, 9.17) is 11.5 Å². The van der Waals surface area contributed by atoms with Crippen molar-refractivity contribution in [1.82, 2.24) is 9.78 Å². The second kappa shape index (κ2) is 4.46. The number of aromatic nitrogens is 2. The van der Waals surface area contributed by atoms with E-state index in [2.05, 4.69) is 29.4 Å². The lowest BCUT2D eigenvalue weighted by molar-refractivity contribution is 0.454. The average Bonchev–Trinajstić information content (AvgIpc) is 2.78. The zero-order chi connectivity index (χ0) is 12.5. The van der Waals surface area contributed by atoms with Crippen LogP contribution in [0.4, 0.5) is 5.82 Å². The van der Waals surface area contributed by atoms with Crippen LogP contribution in [-0.4, -0.2) is 9.78 Å². The van der Waals surface area contributed by atoms with Gasteiger partial charge in [0, 0.05) is 30.8 Å². The lowest BCUT2D eigenvalue weighted by Crippen LogP contribution is -2.17. The Morgan fingerprint density at radius 2 is 2.22 bits per heavy atom. The smallest absolute Gasteiger partial charge is 0.145 e. The lowest BCUT2D eigenvalue weighted by atomic mass is 9.88. The maximum atomic E-state index is 5.80. The van der Waals surface area contributed by atoms with Gasteiger partial charge in [0.2, 0.25) is 0 Å². The van der Waals surface area contributed by atoms with Gasteiger partial charge in [-0.05, 0) is 24.0 Å². The Hall–Kier alpha value is -1.81. The van der Waals surface area contributed by atoms with Gasteiger partial charge >= 0.3 is 0 Å². The van der Waals surface area contributed by atoms with E-state index in [1.165, 1.54) is 16.8 Å². The SMILES string of the molecule is NCc1cccc(C2CCCn3nc(N)cc32)c1. The Bertz CT molecular complexity index is 559. The molecule has 0 bridgehead atoms. The summed E-state index contributed by atoms with van der Waals surface area (Å²) in [6.07, 6.45) is 2.30. The Balaban J connectivity index is 2.02. The van der Waals surface area contributed by atoms with Crippen LogP contribution >= 0.6 is 0 Å². The fourth-order valence-electron chi connectivity index (χ4n) is 2.78. The Morgan fingerprint density at radius 3 is 3.06 bits per heavy atom. The molecule has 4 heteroatoms. The van der Waals surface area contributed by atoms with E-state index in [0.29, 0.717) is 18.3 Å². The molecule has 4 N–H and O–H groups in total. The largest absolute Gasteiger partial charge is 0.382 e. The minimum absolute atomic E-state index is 0.398. The van der Waals surface area contributed by atoms with Crippen LogP contribution in [-0.2, 0) is 13.1 Å². The molecule has 1 atom stereocenters. The van der Waals surface area contributed by atoms with E-state index < -0.39 is 0 Å². The van der Waals surface area contributed by atoms with Crippen molar-refractivity contribution < 1.29 is 0 Å². The van der Waals surface area contributed by atoms with E-state index >= 15 is 0 Å². The van der Waals surface area contributed by atoms with Gasteiger partial charge < -0.3 is 11.5 Å². The van der Waals surface area contributed by atoms with Crippen molar-refractivity contribution in [3.05, 3.63) is 47.2 Å². The maximum absolute atomic E-state index is 5.80. The van der Waals surface area contributed by atoms with Gasteiger partial charge in [-0.15, -0.1) is 0 Å². The topological polar surface area (TPSA) is 69.9 Å². The molecule has 1 aliphatic heterocycles. The quantitative estimate of drug-likeness (QED) is 0.844. The summed E-state index contributed by atoms with van der Waals surface area (Å²) in [5.74, 6) is 1.02. The molecule has 2 heterocycles. The van der Waals surface area contributed by atoms with Crippen LogP contribution in [0.25, 0.3) is 0 Å². The summed E-state index contributed by atoms with van der Waals surface area (Å²) in [5.41, 5.74) is 15.2. The minimum Gasteiger partial charge on any atom is -0.382 e. The lowest BCUT2D eigenvalue weighted by Gasteiger charge is -2.24. The Labute approximate surface area is 107 Å². The number of hydrogen-bond acceptors (Lipinski definition) is 3. The standard InChI is InChI=1S/C14H18N4/c15-9-10-3-1-4-11(7-10)12-5-2-6-18-13(12)8-14(16)17-18/h1,3-4,7-8,12H,2,5-6,9,15H2,(H2,16,17). The summed E-state index contributed by atoms with van der Waals surface area (Å²) in [6, 6.07) is 10.5. The highest BCUT2D eigenvalue weighted by Crippen LogP contribution is 2.34. The van der Waals surface area contributed by atoms with Gasteiger partial charge in [0.1, 0.15) is 5.82 Å². The molecule has 0 radical (unpaired) electrons. The summed E-state index contributed by atoms with van der Waals surface area (Å²) < 4.78 is 2.04. The number of aryl methyl sites for hydroxylation is 1. The van der Waals surface area contributed by atoms with E-state index in [-0.39, 0.29) is 0 Å². The van der Waals surface area contributed by atoms with Gasteiger partial charge in [0.05, 0.1) is 0 Å². The number of nitrogen functional groups attached to an aromatic ring is 1. The van der Waals surface area contributed by atoms with Crippen molar-refractivity contribution >= 4 is 5.82 Å². The van der Waals surface area contributed by atoms with Crippen LogP contribution in [0.5, 0.6) is 0 Å². The highest BCUT2D eigenvalue weighted by atomic mass is 15.3. The van der Waals surface area contributed by atoms with Crippen LogP contribution in [0.2, 0.25) is 0 Å². The number of fused-ring (bicyclic) bond motifs is 1. The fraction of sp³-hybridized carbons (Fsp3) is 0.357. The predicted octanol–water partition coefficient (Wildman–Crippen LogP) is 1.85. The monoisotopic (exact) mass is 242 g/mol. The molecule has 1 aromatic heterocycles. The first-order chi connectivity index (χ1) is 8.78. The zero-order valence-electron chi connectivity index (χ0n) is 10.3. The van der Waals surface area contributed by atoms with Gasteiger partial charge in [-0.25, -0.2) is 0 Å². The number of benzene rings is 1. The number of nitrogens with zero attached hydrogens (tertiary/aromatic N) is 2. The summed E-state index contributed by atoms with van der Waals surface area (Å²) in [7, 11) is 0. The predicted molar refractivity (Wildman–Crippen MR) is 72.0 cm³/mol. The summed E-state index contributed by atoms with van der Waals surface area (Å²) >= 11 is 0. The van der Waals surface area contributed by atoms with Crippen molar-refractivity contribution in [1.29, 1.82) is 0 Å². The van der Waals surface area contributed by atoms with Crippen LogP contribution in [0.1, 0.15) is 35.6 Å². The fourth-order valence-corrected chi connectivity index (χ4v) is 2.78. The first-order valence-electron chi connectivity index (χ1n) is 6.40. The summed E-state index contributed by atoms with van der Waals surface area (Å²) in [6.45, 7) is 1.56. The highest BCUT2D eigenvalue weighted by molar-refractivity contribution is 5.38. The average molecular weight is 242 g/mol. The molecule has 3 rings (SSSR count). The molecule has 0 spiro atoms. The van der Waals surface area contributed by atoms with Gasteiger partial charge in [0.15, 0.2) is 0 Å². The van der Waals surface area contributed by atoms with E-state index in [1.807, 2.05) is 10.7 Å². The van der Waals surface area contributed by atoms with Gasteiger partial charge in [-0.2, -0.15) is 5.10 Å². The van der Waals surface area contributed by atoms with Crippen LogP contribution < -0.4 is 11.5 Å². The van der Waals surface area contributed by atoms with Crippen molar-refractivity contribution in [3.8, 4) is 0 Å².